The highest BCUT2D eigenvalue weighted by atomic mass is 16.3. The smallest absolute Gasteiger partial charge is 0.0695 e. The van der Waals surface area contributed by atoms with Gasteiger partial charge in [-0.3, -0.25) is 0 Å². The summed E-state index contributed by atoms with van der Waals surface area (Å²) in [6.45, 7) is 9.99. The SMILES string of the molecule is C[C@H]1[C@H](O)C[C@H](C(C)(C)C)CN1C. The maximum Gasteiger partial charge on any atom is 0.0695 e. The molecule has 1 aliphatic heterocycles. The number of likely N-dealkylation sites (N-methyl/N-ethyl adjacent to an activating group) is 1. The second-order valence-electron chi connectivity index (χ2n) is 5.55. The van der Waals surface area contributed by atoms with E-state index in [-0.39, 0.29) is 6.10 Å². The predicted molar refractivity (Wildman–Crippen MR) is 55.7 cm³/mol. The molecule has 0 radical (unpaired) electrons. The minimum atomic E-state index is -0.150. The van der Waals surface area contributed by atoms with Crippen molar-refractivity contribution in [2.75, 3.05) is 13.6 Å². The van der Waals surface area contributed by atoms with E-state index in [4.69, 9.17) is 0 Å². The number of nitrogens with zero attached hydrogens (tertiary/aromatic N) is 1. The Bertz CT molecular complexity index is 161. The fourth-order valence-corrected chi connectivity index (χ4v) is 2.00. The minimum absolute atomic E-state index is 0.150. The summed E-state index contributed by atoms with van der Waals surface area (Å²) >= 11 is 0. The maximum absolute atomic E-state index is 9.84. The second kappa shape index (κ2) is 3.58. The molecule has 1 saturated heterocycles. The number of hydrogen-bond acceptors (Lipinski definition) is 2. The van der Waals surface area contributed by atoms with Gasteiger partial charge in [-0.2, -0.15) is 0 Å². The zero-order valence-corrected chi connectivity index (χ0v) is 9.54. The summed E-state index contributed by atoms with van der Waals surface area (Å²) in [5, 5.41) is 9.84. The van der Waals surface area contributed by atoms with Crippen molar-refractivity contribution in [1.29, 1.82) is 0 Å². The summed E-state index contributed by atoms with van der Waals surface area (Å²) in [5.41, 5.74) is 0.315. The van der Waals surface area contributed by atoms with Crippen LogP contribution in [0.15, 0.2) is 0 Å². The van der Waals surface area contributed by atoms with Crippen molar-refractivity contribution >= 4 is 0 Å². The van der Waals surface area contributed by atoms with Crippen molar-refractivity contribution in [2.45, 2.75) is 46.3 Å². The van der Waals surface area contributed by atoms with Gasteiger partial charge in [0.2, 0.25) is 0 Å². The molecular formula is C11H23NO. The van der Waals surface area contributed by atoms with E-state index in [9.17, 15) is 5.11 Å². The topological polar surface area (TPSA) is 23.5 Å². The summed E-state index contributed by atoms with van der Waals surface area (Å²) in [4.78, 5) is 2.27. The zero-order valence-electron chi connectivity index (χ0n) is 9.54. The maximum atomic E-state index is 9.84. The Kier molecular flexibility index (Phi) is 3.03. The third-order valence-electron chi connectivity index (χ3n) is 3.51. The van der Waals surface area contributed by atoms with E-state index in [2.05, 4.69) is 39.6 Å². The molecule has 0 aliphatic carbocycles. The van der Waals surface area contributed by atoms with Crippen LogP contribution >= 0.6 is 0 Å². The largest absolute Gasteiger partial charge is 0.391 e. The third-order valence-corrected chi connectivity index (χ3v) is 3.51. The fourth-order valence-electron chi connectivity index (χ4n) is 2.00. The minimum Gasteiger partial charge on any atom is -0.391 e. The van der Waals surface area contributed by atoms with Crippen LogP contribution in [0.5, 0.6) is 0 Å². The Morgan fingerprint density at radius 1 is 1.31 bits per heavy atom. The van der Waals surface area contributed by atoms with E-state index < -0.39 is 0 Å². The second-order valence-corrected chi connectivity index (χ2v) is 5.55. The number of likely N-dealkylation sites (tertiary alicyclic amines) is 1. The molecule has 1 heterocycles. The van der Waals surface area contributed by atoms with Crippen molar-refractivity contribution < 1.29 is 5.11 Å². The summed E-state index contributed by atoms with van der Waals surface area (Å²) < 4.78 is 0. The molecule has 1 fully saturated rings. The Balaban J connectivity index is 2.64. The highest BCUT2D eigenvalue weighted by Gasteiger charge is 2.35. The zero-order chi connectivity index (χ0) is 10.2. The molecular weight excluding hydrogens is 162 g/mol. The number of aliphatic hydroxyl groups excluding tert-OH is 1. The number of aliphatic hydroxyl groups is 1. The van der Waals surface area contributed by atoms with E-state index >= 15 is 0 Å². The van der Waals surface area contributed by atoms with Gasteiger partial charge in [-0.05, 0) is 31.7 Å². The van der Waals surface area contributed by atoms with Crippen LogP contribution in [0, 0.1) is 11.3 Å². The lowest BCUT2D eigenvalue weighted by Gasteiger charge is -2.44. The van der Waals surface area contributed by atoms with Crippen molar-refractivity contribution in [3.63, 3.8) is 0 Å². The average Bonchev–Trinajstić information content (AvgIpc) is 1.97. The fraction of sp³-hybridized carbons (Fsp3) is 1.00. The molecule has 0 saturated carbocycles. The van der Waals surface area contributed by atoms with Crippen molar-refractivity contribution in [1.82, 2.24) is 4.90 Å². The van der Waals surface area contributed by atoms with Crippen molar-refractivity contribution in [3.05, 3.63) is 0 Å². The summed E-state index contributed by atoms with van der Waals surface area (Å²) in [6.07, 6.45) is 0.803. The quantitative estimate of drug-likeness (QED) is 0.621. The highest BCUT2D eigenvalue weighted by Crippen LogP contribution is 2.34. The molecule has 1 rings (SSSR count). The van der Waals surface area contributed by atoms with Gasteiger partial charge in [0.15, 0.2) is 0 Å². The van der Waals surface area contributed by atoms with Crippen LogP contribution in [0.4, 0.5) is 0 Å². The standard InChI is InChI=1S/C11H23NO/c1-8-10(13)6-9(7-12(8)5)11(2,3)4/h8-10,13H,6-7H2,1-5H3/t8-,9-,10+/m0/s1. The Morgan fingerprint density at radius 2 is 1.85 bits per heavy atom. The van der Waals surface area contributed by atoms with E-state index in [1.807, 2.05) is 0 Å². The first kappa shape index (κ1) is 11.0. The summed E-state index contributed by atoms with van der Waals surface area (Å²) in [6, 6.07) is 0.318. The summed E-state index contributed by atoms with van der Waals surface area (Å²) in [7, 11) is 2.10. The molecule has 0 unspecified atom stereocenters. The van der Waals surface area contributed by atoms with Gasteiger partial charge in [-0.1, -0.05) is 20.8 Å². The molecule has 1 aliphatic rings. The van der Waals surface area contributed by atoms with Gasteiger partial charge in [0.25, 0.3) is 0 Å². The number of rotatable bonds is 0. The van der Waals surface area contributed by atoms with Crippen LogP contribution < -0.4 is 0 Å². The Morgan fingerprint density at radius 3 is 2.23 bits per heavy atom. The van der Waals surface area contributed by atoms with Gasteiger partial charge in [-0.25, -0.2) is 0 Å². The molecule has 13 heavy (non-hydrogen) atoms. The first-order valence-corrected chi connectivity index (χ1v) is 5.20. The van der Waals surface area contributed by atoms with Crippen LogP contribution in [0.3, 0.4) is 0 Å². The first-order chi connectivity index (χ1) is 5.82. The lowest BCUT2D eigenvalue weighted by Crippen LogP contribution is -2.50. The molecule has 0 aromatic carbocycles. The molecule has 3 atom stereocenters. The van der Waals surface area contributed by atoms with Gasteiger partial charge >= 0.3 is 0 Å². The normalized spacial score (nSPS) is 37.8. The first-order valence-electron chi connectivity index (χ1n) is 5.20. The molecule has 78 valence electrons. The molecule has 0 spiro atoms. The average molecular weight is 185 g/mol. The predicted octanol–water partition coefficient (Wildman–Crippen LogP) is 1.73. The van der Waals surface area contributed by atoms with E-state index in [1.165, 1.54) is 0 Å². The lowest BCUT2D eigenvalue weighted by molar-refractivity contribution is -0.0225. The molecule has 1 N–H and O–H groups in total. The van der Waals surface area contributed by atoms with E-state index in [0.717, 1.165) is 13.0 Å². The van der Waals surface area contributed by atoms with Crippen molar-refractivity contribution in [3.8, 4) is 0 Å². The van der Waals surface area contributed by atoms with E-state index in [0.29, 0.717) is 17.4 Å². The van der Waals surface area contributed by atoms with Crippen LogP contribution in [0.25, 0.3) is 0 Å². The highest BCUT2D eigenvalue weighted by molar-refractivity contribution is 4.88. The molecule has 0 aromatic rings. The summed E-state index contributed by atoms with van der Waals surface area (Å²) in [5.74, 6) is 0.615. The van der Waals surface area contributed by atoms with Gasteiger partial charge in [0, 0.05) is 12.6 Å². The van der Waals surface area contributed by atoms with Crippen LogP contribution in [-0.4, -0.2) is 35.7 Å². The molecule has 0 bridgehead atoms. The lowest BCUT2D eigenvalue weighted by atomic mass is 9.74. The molecule has 2 heteroatoms. The Labute approximate surface area is 81.9 Å². The van der Waals surface area contributed by atoms with Gasteiger partial charge in [0.05, 0.1) is 6.10 Å². The Hall–Kier alpha value is -0.0800. The van der Waals surface area contributed by atoms with Gasteiger partial charge in [0.1, 0.15) is 0 Å². The van der Waals surface area contributed by atoms with Crippen LogP contribution in [0.2, 0.25) is 0 Å². The molecule has 0 amide bonds. The van der Waals surface area contributed by atoms with Gasteiger partial charge < -0.3 is 10.0 Å². The van der Waals surface area contributed by atoms with Crippen molar-refractivity contribution in [2.24, 2.45) is 11.3 Å². The van der Waals surface area contributed by atoms with Crippen LogP contribution in [0.1, 0.15) is 34.1 Å². The van der Waals surface area contributed by atoms with Crippen LogP contribution in [-0.2, 0) is 0 Å². The third kappa shape index (κ3) is 2.44. The number of piperidine rings is 1. The molecule has 2 nitrogen and oxygen atoms in total. The van der Waals surface area contributed by atoms with Gasteiger partial charge in [-0.15, -0.1) is 0 Å². The monoisotopic (exact) mass is 185 g/mol. The van der Waals surface area contributed by atoms with E-state index in [1.54, 1.807) is 0 Å². The number of hydrogen-bond donors (Lipinski definition) is 1. The molecule has 0 aromatic heterocycles.